The highest BCUT2D eigenvalue weighted by molar-refractivity contribution is 5.89. The van der Waals surface area contributed by atoms with E-state index in [0.29, 0.717) is 24.4 Å². The van der Waals surface area contributed by atoms with Crippen molar-refractivity contribution < 1.29 is 18.7 Å². The first-order valence-electron chi connectivity index (χ1n) is 6.38. The van der Waals surface area contributed by atoms with Gasteiger partial charge in [-0.25, -0.2) is 4.79 Å². The lowest BCUT2D eigenvalue weighted by molar-refractivity contribution is 0.0722. The molecule has 1 aromatic rings. The van der Waals surface area contributed by atoms with Gasteiger partial charge >= 0.3 is 6.09 Å². The van der Waals surface area contributed by atoms with Crippen LogP contribution in [0.1, 0.15) is 11.7 Å². The number of anilines is 1. The molecule has 0 aromatic heterocycles. The summed E-state index contributed by atoms with van der Waals surface area (Å²) in [4.78, 5) is 15.6. The fourth-order valence-electron chi connectivity index (χ4n) is 2.23. The Balaban J connectivity index is 2.20. The summed E-state index contributed by atoms with van der Waals surface area (Å²) in [6.45, 7) is 0.0442. The van der Waals surface area contributed by atoms with Gasteiger partial charge in [0.25, 0.3) is 0 Å². The third kappa shape index (κ3) is 3.24. The fraction of sp³-hybridized carbons (Fsp3) is 0.462. The normalized spacial score (nSPS) is 17.0. The number of cyclic esters (lactones) is 1. The highest BCUT2D eigenvalue weighted by atomic mass is 19.1. The molecular weight excluding hydrogens is 279 g/mol. The Morgan fingerprint density at radius 3 is 2.71 bits per heavy atom. The van der Waals surface area contributed by atoms with Crippen LogP contribution in [0.25, 0.3) is 10.4 Å². The molecule has 112 valence electrons. The highest BCUT2D eigenvalue weighted by Gasteiger charge is 2.25. The van der Waals surface area contributed by atoms with Crippen LogP contribution in [0.2, 0.25) is 0 Å². The van der Waals surface area contributed by atoms with Gasteiger partial charge in [-0.15, -0.1) is 0 Å². The Hall–Kier alpha value is -2.31. The predicted molar refractivity (Wildman–Crippen MR) is 73.8 cm³/mol. The molecule has 21 heavy (non-hydrogen) atoms. The molecule has 1 amide bonds. The van der Waals surface area contributed by atoms with Crippen molar-refractivity contribution in [2.45, 2.75) is 12.1 Å². The van der Waals surface area contributed by atoms with Gasteiger partial charge in [-0.3, -0.25) is 9.29 Å². The molecule has 1 fully saturated rings. The zero-order chi connectivity index (χ0) is 15.2. The monoisotopic (exact) mass is 294 g/mol. The summed E-state index contributed by atoms with van der Waals surface area (Å²) in [5.74, 6) is 0. The average Bonchev–Trinajstić information content (AvgIpc) is 2.94. The molecule has 1 saturated heterocycles. The summed E-state index contributed by atoms with van der Waals surface area (Å²) < 4.78 is 23.0. The van der Waals surface area contributed by atoms with Gasteiger partial charge < -0.3 is 9.47 Å². The summed E-state index contributed by atoms with van der Waals surface area (Å²) in [6, 6.07) is 5.94. The van der Waals surface area contributed by atoms with Crippen LogP contribution in [-0.2, 0) is 9.47 Å². The van der Waals surface area contributed by atoms with E-state index in [-0.39, 0.29) is 6.09 Å². The SMILES string of the molecule is CO[C@H](c1ccc(N2CCOC2=O)cc1)[C@@H](CF)N=[N+]=[N-]. The second-order valence-corrected chi connectivity index (χ2v) is 4.44. The van der Waals surface area contributed by atoms with Gasteiger partial charge in [0.15, 0.2) is 0 Å². The lowest BCUT2D eigenvalue weighted by Gasteiger charge is -2.21. The Labute approximate surface area is 120 Å². The molecule has 1 heterocycles. The number of benzene rings is 1. The molecule has 0 bridgehead atoms. The van der Waals surface area contributed by atoms with Gasteiger partial charge in [-0.1, -0.05) is 17.2 Å². The first-order valence-corrected chi connectivity index (χ1v) is 6.38. The number of methoxy groups -OCH3 is 1. The van der Waals surface area contributed by atoms with E-state index in [1.807, 2.05) is 0 Å². The standard InChI is InChI=1S/C13H15FN4O3/c1-20-12(11(8-14)16-17-15)9-2-4-10(5-3-9)18-6-7-21-13(18)19/h2-5,11-12H,6-8H2,1H3/t11-,12-/m1/s1. The maximum Gasteiger partial charge on any atom is 0.414 e. The van der Waals surface area contributed by atoms with Crippen molar-refractivity contribution in [3.05, 3.63) is 40.3 Å². The van der Waals surface area contributed by atoms with Crippen molar-refractivity contribution in [3.63, 3.8) is 0 Å². The molecule has 0 radical (unpaired) electrons. The lowest BCUT2D eigenvalue weighted by Crippen LogP contribution is -2.23. The number of halogens is 1. The Bertz CT molecular complexity index is 545. The highest BCUT2D eigenvalue weighted by Crippen LogP contribution is 2.27. The van der Waals surface area contributed by atoms with E-state index >= 15 is 0 Å². The van der Waals surface area contributed by atoms with E-state index in [4.69, 9.17) is 15.0 Å². The van der Waals surface area contributed by atoms with E-state index in [9.17, 15) is 9.18 Å². The zero-order valence-electron chi connectivity index (χ0n) is 11.5. The van der Waals surface area contributed by atoms with Crippen LogP contribution in [-0.4, -0.2) is 39.1 Å². The van der Waals surface area contributed by atoms with Gasteiger partial charge in [0.2, 0.25) is 0 Å². The van der Waals surface area contributed by atoms with Crippen LogP contribution in [0, 0.1) is 0 Å². The maximum atomic E-state index is 12.9. The van der Waals surface area contributed by atoms with Gasteiger partial charge in [-0.2, -0.15) is 0 Å². The van der Waals surface area contributed by atoms with E-state index < -0.39 is 18.8 Å². The second-order valence-electron chi connectivity index (χ2n) is 4.44. The molecule has 1 aromatic carbocycles. The summed E-state index contributed by atoms with van der Waals surface area (Å²) in [5.41, 5.74) is 9.82. The van der Waals surface area contributed by atoms with Gasteiger partial charge in [0.05, 0.1) is 18.7 Å². The molecule has 1 aliphatic heterocycles. The summed E-state index contributed by atoms with van der Waals surface area (Å²) in [7, 11) is 1.42. The molecule has 1 aliphatic rings. The number of amides is 1. The van der Waals surface area contributed by atoms with Gasteiger partial charge in [0, 0.05) is 17.7 Å². The Kier molecular flexibility index (Phi) is 4.97. The fourth-order valence-corrected chi connectivity index (χ4v) is 2.23. The Morgan fingerprint density at radius 1 is 1.52 bits per heavy atom. The van der Waals surface area contributed by atoms with Crippen LogP contribution < -0.4 is 4.90 Å². The van der Waals surface area contributed by atoms with Crippen molar-refractivity contribution in [3.8, 4) is 0 Å². The molecule has 7 nitrogen and oxygen atoms in total. The third-order valence-corrected chi connectivity index (χ3v) is 3.26. The minimum absolute atomic E-state index is 0.363. The number of ether oxygens (including phenoxy) is 2. The van der Waals surface area contributed by atoms with Crippen LogP contribution in [0.5, 0.6) is 0 Å². The minimum atomic E-state index is -0.928. The zero-order valence-corrected chi connectivity index (χ0v) is 11.5. The summed E-state index contributed by atoms with van der Waals surface area (Å²) in [6.07, 6.45) is -1.06. The Morgan fingerprint density at radius 2 is 2.24 bits per heavy atom. The maximum absolute atomic E-state index is 12.9. The first kappa shape index (κ1) is 15.1. The molecule has 0 aliphatic carbocycles. The topological polar surface area (TPSA) is 87.5 Å². The third-order valence-electron chi connectivity index (χ3n) is 3.26. The number of carbonyl (C=O) groups excluding carboxylic acids is 1. The molecular formula is C13H15FN4O3. The van der Waals surface area contributed by atoms with Crippen molar-refractivity contribution in [2.24, 2.45) is 5.11 Å². The number of hydrogen-bond donors (Lipinski definition) is 0. The molecule has 0 saturated carbocycles. The van der Waals surface area contributed by atoms with Crippen molar-refractivity contribution in [1.82, 2.24) is 0 Å². The van der Waals surface area contributed by atoms with Crippen LogP contribution >= 0.6 is 0 Å². The second kappa shape index (κ2) is 6.92. The van der Waals surface area contributed by atoms with E-state index in [1.165, 1.54) is 12.0 Å². The molecule has 8 heteroatoms. The lowest BCUT2D eigenvalue weighted by atomic mass is 10.0. The minimum Gasteiger partial charge on any atom is -0.447 e. The van der Waals surface area contributed by atoms with Crippen LogP contribution in [0.3, 0.4) is 0 Å². The average molecular weight is 294 g/mol. The number of nitrogens with zero attached hydrogens (tertiary/aromatic N) is 4. The molecule has 0 N–H and O–H groups in total. The van der Waals surface area contributed by atoms with Crippen molar-refractivity contribution in [2.75, 3.05) is 31.8 Å². The summed E-state index contributed by atoms with van der Waals surface area (Å²) in [5, 5.41) is 3.40. The number of rotatable bonds is 6. The summed E-state index contributed by atoms with van der Waals surface area (Å²) >= 11 is 0. The molecule has 0 spiro atoms. The van der Waals surface area contributed by atoms with Crippen molar-refractivity contribution in [1.29, 1.82) is 0 Å². The van der Waals surface area contributed by atoms with E-state index in [1.54, 1.807) is 24.3 Å². The van der Waals surface area contributed by atoms with Gasteiger partial charge in [-0.05, 0) is 23.2 Å². The number of alkyl halides is 1. The number of hydrogen-bond acceptors (Lipinski definition) is 4. The van der Waals surface area contributed by atoms with E-state index in [0.717, 1.165) is 0 Å². The number of carbonyl (C=O) groups is 1. The molecule has 0 unspecified atom stereocenters. The van der Waals surface area contributed by atoms with Crippen LogP contribution in [0.15, 0.2) is 29.4 Å². The van der Waals surface area contributed by atoms with Gasteiger partial charge in [0.1, 0.15) is 13.3 Å². The quantitative estimate of drug-likeness (QED) is 0.459. The van der Waals surface area contributed by atoms with Crippen molar-refractivity contribution >= 4 is 11.8 Å². The van der Waals surface area contributed by atoms with E-state index in [2.05, 4.69) is 10.0 Å². The van der Waals surface area contributed by atoms with Crippen LogP contribution in [0.4, 0.5) is 14.9 Å². The number of azide groups is 1. The predicted octanol–water partition coefficient (Wildman–Crippen LogP) is 2.98. The smallest absolute Gasteiger partial charge is 0.414 e. The molecule has 2 rings (SSSR count). The largest absolute Gasteiger partial charge is 0.447 e. The molecule has 2 atom stereocenters. The first-order chi connectivity index (χ1) is 10.2.